The molecule has 0 saturated heterocycles. The first-order valence-corrected chi connectivity index (χ1v) is 3.09. The highest BCUT2D eigenvalue weighted by atomic mass is 35.5. The maximum absolute atomic E-state index is 5.50. The Morgan fingerprint density at radius 1 is 1.56 bits per heavy atom. The van der Waals surface area contributed by atoms with Crippen LogP contribution in [-0.2, 0) is 6.54 Å². The molecule has 1 heterocycles. The summed E-state index contributed by atoms with van der Waals surface area (Å²) in [7, 11) is 0. The molecule has 0 aliphatic carbocycles. The number of halogens is 2. The van der Waals surface area contributed by atoms with Crippen LogP contribution >= 0.6 is 23.2 Å². The monoisotopic (exact) mass is 165 g/mol. The van der Waals surface area contributed by atoms with Gasteiger partial charge in [-0.05, 0) is 0 Å². The number of hydrogen-bond acceptors (Lipinski definition) is 2. The van der Waals surface area contributed by atoms with Crippen molar-refractivity contribution in [3.63, 3.8) is 0 Å². The van der Waals surface area contributed by atoms with Crippen LogP contribution in [0.25, 0.3) is 0 Å². The lowest BCUT2D eigenvalue weighted by molar-refractivity contribution is 0.950. The fourth-order valence-electron chi connectivity index (χ4n) is 0.470. The smallest absolute Gasteiger partial charge is 0.166 e. The van der Waals surface area contributed by atoms with Crippen LogP contribution in [0.1, 0.15) is 5.82 Å². The lowest BCUT2D eigenvalue weighted by Gasteiger charge is -1.81. The summed E-state index contributed by atoms with van der Waals surface area (Å²) in [5.74, 6) is 0.602. The molecule has 0 atom stereocenters. The molecule has 0 radical (unpaired) electrons. The second-order valence-electron chi connectivity index (χ2n) is 1.49. The van der Waals surface area contributed by atoms with E-state index in [9.17, 15) is 0 Å². The molecule has 0 aromatic carbocycles. The number of aromatic nitrogens is 2. The summed E-state index contributed by atoms with van der Waals surface area (Å²) in [6.07, 6.45) is 0. The molecule has 1 rings (SSSR count). The van der Waals surface area contributed by atoms with Crippen LogP contribution < -0.4 is 5.73 Å². The van der Waals surface area contributed by atoms with E-state index in [-0.39, 0.29) is 5.15 Å². The molecule has 9 heavy (non-hydrogen) atoms. The van der Waals surface area contributed by atoms with Crippen LogP contribution in [0.2, 0.25) is 10.3 Å². The second kappa shape index (κ2) is 2.56. The highest BCUT2D eigenvalue weighted by Gasteiger charge is 2.01. The third kappa shape index (κ3) is 1.36. The molecule has 0 spiro atoms. The van der Waals surface area contributed by atoms with Crippen molar-refractivity contribution in [1.82, 2.24) is 9.97 Å². The van der Waals surface area contributed by atoms with Gasteiger partial charge in [-0.2, -0.15) is 0 Å². The Kier molecular flexibility index (Phi) is 1.95. The third-order valence-electron chi connectivity index (χ3n) is 0.862. The maximum Gasteiger partial charge on any atom is 0.166 e. The van der Waals surface area contributed by atoms with Gasteiger partial charge >= 0.3 is 0 Å². The van der Waals surface area contributed by atoms with Crippen LogP contribution in [0.3, 0.4) is 0 Å². The summed E-state index contributed by atoms with van der Waals surface area (Å²) in [5, 5.41) is 0.620. The van der Waals surface area contributed by atoms with Gasteiger partial charge in [-0.3, -0.25) is 0 Å². The molecule has 0 fully saturated rings. The van der Waals surface area contributed by atoms with E-state index < -0.39 is 0 Å². The predicted molar refractivity (Wildman–Crippen MR) is 36.5 cm³/mol. The zero-order chi connectivity index (χ0) is 6.85. The standard InChI is InChI=1S/C4H5Cl2N3/c5-3-4(6)9-2(1-7)8-3/h1,7H2,(H,8,9). The molecule has 0 aliphatic rings. The van der Waals surface area contributed by atoms with Gasteiger partial charge in [0.1, 0.15) is 11.0 Å². The second-order valence-corrected chi connectivity index (χ2v) is 2.23. The summed E-state index contributed by atoms with van der Waals surface area (Å²) in [6, 6.07) is 0. The molecular weight excluding hydrogens is 161 g/mol. The fraction of sp³-hybridized carbons (Fsp3) is 0.250. The van der Waals surface area contributed by atoms with Crippen molar-refractivity contribution >= 4 is 23.2 Å². The zero-order valence-corrected chi connectivity index (χ0v) is 6.00. The van der Waals surface area contributed by atoms with Gasteiger partial charge in [-0.15, -0.1) is 0 Å². The first-order valence-electron chi connectivity index (χ1n) is 2.34. The molecular formula is C4H5Cl2N3. The minimum Gasteiger partial charge on any atom is -0.331 e. The lowest BCUT2D eigenvalue weighted by atomic mass is 10.6. The van der Waals surface area contributed by atoms with Gasteiger partial charge < -0.3 is 10.7 Å². The van der Waals surface area contributed by atoms with Gasteiger partial charge in [0, 0.05) is 0 Å². The first-order chi connectivity index (χ1) is 4.24. The fourth-order valence-corrected chi connectivity index (χ4v) is 0.771. The summed E-state index contributed by atoms with van der Waals surface area (Å²) >= 11 is 11.0. The van der Waals surface area contributed by atoms with Crippen molar-refractivity contribution < 1.29 is 0 Å². The topological polar surface area (TPSA) is 54.7 Å². The van der Waals surface area contributed by atoms with Gasteiger partial charge in [-0.25, -0.2) is 4.98 Å². The Morgan fingerprint density at radius 2 is 2.22 bits per heavy atom. The quantitative estimate of drug-likeness (QED) is 0.657. The van der Waals surface area contributed by atoms with Gasteiger partial charge in [-0.1, -0.05) is 23.2 Å². The van der Waals surface area contributed by atoms with Crippen molar-refractivity contribution in [1.29, 1.82) is 0 Å². The third-order valence-corrected chi connectivity index (χ3v) is 1.51. The van der Waals surface area contributed by atoms with Crippen LogP contribution in [0.15, 0.2) is 0 Å². The van der Waals surface area contributed by atoms with Crippen molar-refractivity contribution in [2.45, 2.75) is 6.54 Å². The van der Waals surface area contributed by atoms with Gasteiger partial charge in [0.25, 0.3) is 0 Å². The summed E-state index contributed by atoms with van der Waals surface area (Å²) in [4.78, 5) is 6.47. The van der Waals surface area contributed by atoms with E-state index in [1.165, 1.54) is 0 Å². The number of imidazole rings is 1. The summed E-state index contributed by atoms with van der Waals surface area (Å²) in [6.45, 7) is 0.326. The Morgan fingerprint density at radius 3 is 2.44 bits per heavy atom. The van der Waals surface area contributed by atoms with E-state index in [0.29, 0.717) is 17.5 Å². The van der Waals surface area contributed by atoms with Gasteiger partial charge in [0.05, 0.1) is 6.54 Å². The van der Waals surface area contributed by atoms with Crippen LogP contribution in [0.5, 0.6) is 0 Å². The summed E-state index contributed by atoms with van der Waals surface area (Å²) in [5.41, 5.74) is 5.22. The number of nitrogens with zero attached hydrogens (tertiary/aromatic N) is 1. The predicted octanol–water partition coefficient (Wildman–Crippen LogP) is 1.18. The Balaban J connectivity index is 2.98. The van der Waals surface area contributed by atoms with Crippen molar-refractivity contribution in [3.8, 4) is 0 Å². The van der Waals surface area contributed by atoms with Crippen LogP contribution in [-0.4, -0.2) is 9.97 Å². The van der Waals surface area contributed by atoms with E-state index in [2.05, 4.69) is 9.97 Å². The molecule has 3 N–H and O–H groups in total. The number of rotatable bonds is 1. The van der Waals surface area contributed by atoms with E-state index in [4.69, 9.17) is 28.9 Å². The molecule has 3 nitrogen and oxygen atoms in total. The van der Waals surface area contributed by atoms with E-state index in [1.807, 2.05) is 0 Å². The molecule has 50 valence electrons. The van der Waals surface area contributed by atoms with Crippen LogP contribution in [0.4, 0.5) is 0 Å². The molecule has 5 heteroatoms. The van der Waals surface area contributed by atoms with Crippen molar-refractivity contribution in [2.75, 3.05) is 0 Å². The number of nitrogens with one attached hydrogen (secondary N) is 1. The lowest BCUT2D eigenvalue weighted by Crippen LogP contribution is -1.97. The van der Waals surface area contributed by atoms with Crippen molar-refractivity contribution in [2.24, 2.45) is 5.73 Å². The Bertz CT molecular complexity index is 188. The molecule has 1 aromatic heterocycles. The number of H-pyrrole nitrogens is 1. The average Bonchev–Trinajstić information content (AvgIpc) is 2.13. The summed E-state index contributed by atoms with van der Waals surface area (Å²) < 4.78 is 0. The zero-order valence-electron chi connectivity index (χ0n) is 4.49. The van der Waals surface area contributed by atoms with Gasteiger partial charge in [0.15, 0.2) is 5.15 Å². The molecule has 0 bridgehead atoms. The SMILES string of the molecule is NCc1nc(Cl)c(Cl)[nH]1. The average molecular weight is 166 g/mol. The maximum atomic E-state index is 5.50. The molecule has 0 saturated carbocycles. The van der Waals surface area contributed by atoms with Gasteiger partial charge in [0.2, 0.25) is 0 Å². The van der Waals surface area contributed by atoms with Crippen LogP contribution in [0, 0.1) is 0 Å². The van der Waals surface area contributed by atoms with E-state index >= 15 is 0 Å². The first kappa shape index (κ1) is 6.86. The van der Waals surface area contributed by atoms with E-state index in [1.54, 1.807) is 0 Å². The Labute approximate surface area is 62.2 Å². The minimum atomic E-state index is 0.275. The minimum absolute atomic E-state index is 0.275. The van der Waals surface area contributed by atoms with E-state index in [0.717, 1.165) is 0 Å². The highest BCUT2D eigenvalue weighted by Crippen LogP contribution is 2.16. The normalized spacial score (nSPS) is 10.1. The number of hydrogen-bond donors (Lipinski definition) is 2. The molecule has 1 aromatic rings. The largest absolute Gasteiger partial charge is 0.331 e. The molecule has 0 aliphatic heterocycles. The Hall–Kier alpha value is -0.250. The number of nitrogens with two attached hydrogens (primary N) is 1. The molecule has 0 unspecified atom stereocenters. The van der Waals surface area contributed by atoms with Crippen molar-refractivity contribution in [3.05, 3.63) is 16.1 Å². The number of aromatic amines is 1. The molecule has 0 amide bonds. The highest BCUT2D eigenvalue weighted by molar-refractivity contribution is 6.40.